The Hall–Kier alpha value is -3.25. The third kappa shape index (κ3) is 3.89. The van der Waals surface area contributed by atoms with E-state index in [0.717, 1.165) is 60.6 Å². The molecule has 0 aliphatic carbocycles. The van der Waals surface area contributed by atoms with Gasteiger partial charge in [-0.15, -0.1) is 0 Å². The SMILES string of the molecule is CN1CCCC(COc2ccc3c(-c4c(-c5ccccn5)nn5c4CCC5)ccnc3c2)C1. The van der Waals surface area contributed by atoms with Gasteiger partial charge in [0.25, 0.3) is 0 Å². The highest BCUT2D eigenvalue weighted by Gasteiger charge is 2.25. The van der Waals surface area contributed by atoms with Gasteiger partial charge in [0.05, 0.1) is 17.8 Å². The monoisotopic (exact) mass is 439 g/mol. The number of fused-ring (bicyclic) bond motifs is 2. The molecule has 0 N–H and O–H groups in total. The highest BCUT2D eigenvalue weighted by molar-refractivity contribution is 5.99. The highest BCUT2D eigenvalue weighted by atomic mass is 16.5. The van der Waals surface area contributed by atoms with E-state index in [4.69, 9.17) is 9.84 Å². The van der Waals surface area contributed by atoms with Gasteiger partial charge in [-0.25, -0.2) is 0 Å². The Bertz CT molecular complexity index is 1280. The molecule has 6 heteroatoms. The van der Waals surface area contributed by atoms with Gasteiger partial charge in [-0.3, -0.25) is 14.6 Å². The molecule has 0 bridgehead atoms. The first-order chi connectivity index (χ1) is 16.3. The summed E-state index contributed by atoms with van der Waals surface area (Å²) in [6, 6.07) is 14.4. The first kappa shape index (κ1) is 20.4. The maximum absolute atomic E-state index is 6.21. The van der Waals surface area contributed by atoms with E-state index in [-0.39, 0.29) is 0 Å². The lowest BCUT2D eigenvalue weighted by atomic mass is 9.96. The molecule has 0 amide bonds. The normalized spacial score (nSPS) is 18.5. The van der Waals surface area contributed by atoms with Gasteiger partial charge in [0.2, 0.25) is 0 Å². The molecule has 1 atom stereocenters. The van der Waals surface area contributed by atoms with Gasteiger partial charge in [0.1, 0.15) is 11.4 Å². The van der Waals surface area contributed by atoms with E-state index in [9.17, 15) is 0 Å². The van der Waals surface area contributed by atoms with Gasteiger partial charge in [0, 0.05) is 54.1 Å². The number of aryl methyl sites for hydroxylation is 1. The van der Waals surface area contributed by atoms with Crippen molar-refractivity contribution in [2.75, 3.05) is 26.7 Å². The Morgan fingerprint density at radius 1 is 1.03 bits per heavy atom. The van der Waals surface area contributed by atoms with Crippen molar-refractivity contribution in [2.45, 2.75) is 32.2 Å². The number of nitrogens with zero attached hydrogens (tertiary/aromatic N) is 5. The van der Waals surface area contributed by atoms with E-state index in [1.165, 1.54) is 36.2 Å². The standard InChI is InChI=1S/C27H29N5O/c1-31-14-4-6-19(17-31)18-33-20-9-10-21-22(11-13-29-24(21)16-20)26-25-8-5-15-32(25)30-27(26)23-7-2-3-12-28-23/h2-3,7,9-13,16,19H,4-6,8,14-15,17-18H2,1H3. The van der Waals surface area contributed by atoms with Gasteiger partial charge in [-0.2, -0.15) is 5.10 Å². The number of aromatic nitrogens is 4. The smallest absolute Gasteiger partial charge is 0.121 e. The van der Waals surface area contributed by atoms with Crippen molar-refractivity contribution in [3.05, 3.63) is 60.6 Å². The molecular formula is C27H29N5O. The van der Waals surface area contributed by atoms with Gasteiger partial charge >= 0.3 is 0 Å². The van der Waals surface area contributed by atoms with Crippen molar-refractivity contribution in [2.24, 2.45) is 5.92 Å². The van der Waals surface area contributed by atoms with Crippen molar-refractivity contribution >= 4 is 10.9 Å². The summed E-state index contributed by atoms with van der Waals surface area (Å²) in [4.78, 5) is 11.7. The zero-order valence-corrected chi connectivity index (χ0v) is 19.1. The zero-order valence-electron chi connectivity index (χ0n) is 19.1. The quantitative estimate of drug-likeness (QED) is 0.446. The second-order valence-electron chi connectivity index (χ2n) is 9.33. The molecule has 168 valence electrons. The van der Waals surface area contributed by atoms with E-state index >= 15 is 0 Å². The summed E-state index contributed by atoms with van der Waals surface area (Å²) in [5, 5.41) is 6.08. The molecule has 33 heavy (non-hydrogen) atoms. The molecule has 1 fully saturated rings. The summed E-state index contributed by atoms with van der Waals surface area (Å²) in [7, 11) is 2.19. The summed E-state index contributed by atoms with van der Waals surface area (Å²) < 4.78 is 8.36. The lowest BCUT2D eigenvalue weighted by Gasteiger charge is -2.29. The number of hydrogen-bond acceptors (Lipinski definition) is 5. The minimum atomic E-state index is 0.592. The van der Waals surface area contributed by atoms with Crippen molar-refractivity contribution in [3.63, 3.8) is 0 Å². The Morgan fingerprint density at radius 3 is 2.88 bits per heavy atom. The summed E-state index contributed by atoms with van der Waals surface area (Å²) in [5.41, 5.74) is 6.48. The van der Waals surface area contributed by atoms with E-state index in [0.29, 0.717) is 5.92 Å². The molecule has 6 nitrogen and oxygen atoms in total. The maximum atomic E-state index is 6.21. The molecule has 6 rings (SSSR count). The van der Waals surface area contributed by atoms with Crippen LogP contribution >= 0.6 is 0 Å². The van der Waals surface area contributed by atoms with Crippen LogP contribution in [0.1, 0.15) is 25.0 Å². The fourth-order valence-electron chi connectivity index (χ4n) is 5.36. The van der Waals surface area contributed by atoms with Crippen LogP contribution in [-0.2, 0) is 13.0 Å². The average molecular weight is 440 g/mol. The Kier molecular flexibility index (Phi) is 5.30. The van der Waals surface area contributed by atoms with Gasteiger partial charge in [-0.05, 0) is 75.2 Å². The van der Waals surface area contributed by atoms with Crippen LogP contribution in [0.3, 0.4) is 0 Å². The number of rotatable bonds is 5. The van der Waals surface area contributed by atoms with Crippen molar-refractivity contribution in [3.8, 4) is 28.3 Å². The van der Waals surface area contributed by atoms with Crippen LogP contribution in [0.25, 0.3) is 33.4 Å². The molecule has 4 aromatic rings. The number of piperidine rings is 1. The van der Waals surface area contributed by atoms with E-state index < -0.39 is 0 Å². The third-order valence-electron chi connectivity index (χ3n) is 6.94. The lowest BCUT2D eigenvalue weighted by Crippen LogP contribution is -2.34. The summed E-state index contributed by atoms with van der Waals surface area (Å²) in [6.45, 7) is 4.03. The van der Waals surface area contributed by atoms with Crippen LogP contribution < -0.4 is 4.74 Å². The molecule has 1 aromatic carbocycles. The molecule has 0 spiro atoms. The molecule has 5 heterocycles. The number of ether oxygens (including phenoxy) is 1. The first-order valence-corrected chi connectivity index (χ1v) is 12.0. The van der Waals surface area contributed by atoms with Crippen LogP contribution in [0.2, 0.25) is 0 Å². The van der Waals surface area contributed by atoms with Crippen LogP contribution in [-0.4, -0.2) is 51.4 Å². The Morgan fingerprint density at radius 2 is 2.00 bits per heavy atom. The molecule has 1 unspecified atom stereocenters. The van der Waals surface area contributed by atoms with E-state index in [1.807, 2.05) is 30.6 Å². The van der Waals surface area contributed by atoms with Crippen molar-refractivity contribution in [1.82, 2.24) is 24.6 Å². The molecular weight excluding hydrogens is 410 g/mol. The summed E-state index contributed by atoms with van der Waals surface area (Å²) in [5.74, 6) is 1.49. The Labute approximate surface area is 194 Å². The van der Waals surface area contributed by atoms with E-state index in [1.54, 1.807) is 0 Å². The van der Waals surface area contributed by atoms with Crippen LogP contribution in [0, 0.1) is 5.92 Å². The largest absolute Gasteiger partial charge is 0.493 e. The fraction of sp³-hybridized carbons (Fsp3) is 0.370. The van der Waals surface area contributed by atoms with Crippen LogP contribution in [0.5, 0.6) is 5.75 Å². The van der Waals surface area contributed by atoms with Gasteiger partial charge in [0.15, 0.2) is 0 Å². The Balaban J connectivity index is 1.36. The molecule has 0 radical (unpaired) electrons. The highest BCUT2D eigenvalue weighted by Crippen LogP contribution is 2.40. The van der Waals surface area contributed by atoms with E-state index in [2.05, 4.69) is 50.9 Å². The lowest BCUT2D eigenvalue weighted by molar-refractivity contribution is 0.150. The van der Waals surface area contributed by atoms with Gasteiger partial charge in [-0.1, -0.05) is 6.07 Å². The van der Waals surface area contributed by atoms with Crippen LogP contribution in [0.15, 0.2) is 54.9 Å². The molecule has 1 saturated heterocycles. The van der Waals surface area contributed by atoms with Crippen molar-refractivity contribution < 1.29 is 4.74 Å². The number of benzene rings is 1. The summed E-state index contributed by atoms with van der Waals surface area (Å²) >= 11 is 0. The topological polar surface area (TPSA) is 56.1 Å². The number of hydrogen-bond donors (Lipinski definition) is 0. The second-order valence-corrected chi connectivity index (χ2v) is 9.33. The fourth-order valence-corrected chi connectivity index (χ4v) is 5.36. The minimum Gasteiger partial charge on any atom is -0.493 e. The number of likely N-dealkylation sites (tertiary alicyclic amines) is 1. The third-order valence-corrected chi connectivity index (χ3v) is 6.94. The predicted octanol–water partition coefficient (Wildman–Crippen LogP) is 4.83. The maximum Gasteiger partial charge on any atom is 0.121 e. The molecule has 3 aromatic heterocycles. The predicted molar refractivity (Wildman–Crippen MR) is 130 cm³/mol. The van der Waals surface area contributed by atoms with Crippen LogP contribution in [0.4, 0.5) is 0 Å². The minimum absolute atomic E-state index is 0.592. The van der Waals surface area contributed by atoms with Gasteiger partial charge < -0.3 is 9.64 Å². The zero-order chi connectivity index (χ0) is 22.2. The number of pyridine rings is 2. The second kappa shape index (κ2) is 8.60. The average Bonchev–Trinajstić information content (AvgIpc) is 3.44. The molecule has 2 aliphatic heterocycles. The molecule has 0 saturated carbocycles. The summed E-state index contributed by atoms with van der Waals surface area (Å²) in [6.07, 6.45) is 8.40. The van der Waals surface area contributed by atoms with Crippen molar-refractivity contribution in [1.29, 1.82) is 0 Å². The first-order valence-electron chi connectivity index (χ1n) is 12.0. The molecule has 2 aliphatic rings.